The standard InChI is InChI=1S/C13H14FN3O3/c1-7(2)10-11(18)16-13(20-10)17-12(19)15-9-5-3-8(14)4-6-9/h3-7,10H,1-2H3,(H2,15,16,17,18,19). The molecule has 1 aliphatic heterocycles. The topological polar surface area (TPSA) is 79.8 Å². The van der Waals surface area contributed by atoms with E-state index in [4.69, 9.17) is 4.74 Å². The molecule has 0 radical (unpaired) electrons. The second kappa shape index (κ2) is 5.68. The van der Waals surface area contributed by atoms with E-state index in [2.05, 4.69) is 15.6 Å². The number of halogens is 1. The van der Waals surface area contributed by atoms with Gasteiger partial charge in [0, 0.05) is 5.69 Å². The van der Waals surface area contributed by atoms with E-state index in [-0.39, 0.29) is 17.8 Å². The van der Waals surface area contributed by atoms with E-state index in [1.807, 2.05) is 13.8 Å². The quantitative estimate of drug-likeness (QED) is 0.867. The molecule has 1 aliphatic rings. The smallest absolute Gasteiger partial charge is 0.349 e. The SMILES string of the molecule is CC(C)C1O/C(=N\C(=O)Nc2ccc(F)cc2)NC1=O. The summed E-state index contributed by atoms with van der Waals surface area (Å²) >= 11 is 0. The number of urea groups is 1. The van der Waals surface area contributed by atoms with E-state index in [9.17, 15) is 14.0 Å². The van der Waals surface area contributed by atoms with Gasteiger partial charge in [-0.25, -0.2) is 9.18 Å². The molecule has 3 amide bonds. The van der Waals surface area contributed by atoms with Crippen molar-refractivity contribution < 1.29 is 18.7 Å². The number of ether oxygens (including phenoxy) is 1. The third-order valence-electron chi connectivity index (χ3n) is 2.63. The lowest BCUT2D eigenvalue weighted by atomic mass is 10.1. The van der Waals surface area contributed by atoms with E-state index < -0.39 is 18.0 Å². The summed E-state index contributed by atoms with van der Waals surface area (Å²) in [5.74, 6) is -0.753. The molecule has 1 aromatic rings. The molecule has 6 nitrogen and oxygen atoms in total. The predicted octanol–water partition coefficient (Wildman–Crippen LogP) is 1.88. The van der Waals surface area contributed by atoms with Gasteiger partial charge >= 0.3 is 12.1 Å². The first-order valence-electron chi connectivity index (χ1n) is 6.08. The Morgan fingerprint density at radius 3 is 2.60 bits per heavy atom. The molecule has 7 heteroatoms. The van der Waals surface area contributed by atoms with Crippen LogP contribution >= 0.6 is 0 Å². The Balaban J connectivity index is 1.99. The summed E-state index contributed by atoms with van der Waals surface area (Å²) in [5.41, 5.74) is 0.394. The summed E-state index contributed by atoms with van der Waals surface area (Å²) < 4.78 is 17.9. The Hall–Kier alpha value is -2.44. The summed E-state index contributed by atoms with van der Waals surface area (Å²) in [6.07, 6.45) is -0.646. The van der Waals surface area contributed by atoms with Crippen LogP contribution in [0, 0.1) is 11.7 Å². The second-order valence-corrected chi connectivity index (χ2v) is 4.63. The summed E-state index contributed by atoms with van der Waals surface area (Å²) in [5, 5.41) is 4.81. The number of aliphatic imine (C=N–C) groups is 1. The van der Waals surface area contributed by atoms with Gasteiger partial charge in [0.05, 0.1) is 0 Å². The molecule has 1 fully saturated rings. The van der Waals surface area contributed by atoms with Gasteiger partial charge in [0.15, 0.2) is 6.10 Å². The highest BCUT2D eigenvalue weighted by molar-refractivity contribution is 6.07. The number of hydrogen-bond acceptors (Lipinski definition) is 3. The number of nitrogens with one attached hydrogen (secondary N) is 2. The normalized spacial score (nSPS) is 19.9. The van der Waals surface area contributed by atoms with Gasteiger partial charge in [-0.1, -0.05) is 13.8 Å². The van der Waals surface area contributed by atoms with Crippen molar-refractivity contribution in [1.29, 1.82) is 0 Å². The van der Waals surface area contributed by atoms with Crippen molar-refractivity contribution in [3.05, 3.63) is 30.1 Å². The average molecular weight is 279 g/mol. The van der Waals surface area contributed by atoms with E-state index in [1.54, 1.807) is 0 Å². The fourth-order valence-corrected chi connectivity index (χ4v) is 1.65. The van der Waals surface area contributed by atoms with Gasteiger partial charge in [-0.3, -0.25) is 10.1 Å². The van der Waals surface area contributed by atoms with Crippen LogP contribution in [0.5, 0.6) is 0 Å². The Morgan fingerprint density at radius 1 is 1.40 bits per heavy atom. The Bertz CT molecular complexity index is 554. The first-order chi connectivity index (χ1) is 9.45. The number of nitrogens with zero attached hydrogens (tertiary/aromatic N) is 1. The first-order valence-corrected chi connectivity index (χ1v) is 6.08. The molecule has 1 unspecified atom stereocenters. The Labute approximate surface area is 115 Å². The fourth-order valence-electron chi connectivity index (χ4n) is 1.65. The van der Waals surface area contributed by atoms with Crippen LogP contribution in [0.4, 0.5) is 14.9 Å². The Kier molecular flexibility index (Phi) is 3.97. The average Bonchev–Trinajstić information content (AvgIpc) is 2.73. The summed E-state index contributed by atoms with van der Waals surface area (Å²) in [4.78, 5) is 26.7. The highest BCUT2D eigenvalue weighted by atomic mass is 19.1. The molecule has 1 saturated heterocycles. The molecule has 1 aromatic carbocycles. The molecule has 2 N–H and O–H groups in total. The molecular formula is C13H14FN3O3. The number of rotatable bonds is 2. The van der Waals surface area contributed by atoms with Crippen LogP contribution in [0.1, 0.15) is 13.8 Å². The van der Waals surface area contributed by atoms with Crippen molar-refractivity contribution in [1.82, 2.24) is 5.32 Å². The Morgan fingerprint density at radius 2 is 2.05 bits per heavy atom. The summed E-state index contributed by atoms with van der Waals surface area (Å²) in [6.45, 7) is 3.65. The summed E-state index contributed by atoms with van der Waals surface area (Å²) in [7, 11) is 0. The second-order valence-electron chi connectivity index (χ2n) is 4.63. The molecule has 0 aliphatic carbocycles. The fraction of sp³-hybridized carbons (Fsp3) is 0.308. The largest absolute Gasteiger partial charge is 0.451 e. The van der Waals surface area contributed by atoms with Crippen LogP contribution in [0.2, 0.25) is 0 Å². The monoisotopic (exact) mass is 279 g/mol. The van der Waals surface area contributed by atoms with E-state index in [1.165, 1.54) is 24.3 Å². The van der Waals surface area contributed by atoms with E-state index in [0.717, 1.165) is 0 Å². The summed E-state index contributed by atoms with van der Waals surface area (Å²) in [6, 6.07) is 4.39. The molecule has 0 spiro atoms. The van der Waals surface area contributed by atoms with E-state index >= 15 is 0 Å². The highest BCUT2D eigenvalue weighted by Crippen LogP contribution is 2.13. The van der Waals surface area contributed by atoms with Crippen molar-refractivity contribution in [3.8, 4) is 0 Å². The van der Waals surface area contributed by atoms with Gasteiger partial charge in [-0.2, -0.15) is 0 Å². The van der Waals surface area contributed by atoms with Gasteiger partial charge in [-0.15, -0.1) is 4.99 Å². The van der Waals surface area contributed by atoms with Gasteiger partial charge in [0.2, 0.25) is 0 Å². The lowest BCUT2D eigenvalue weighted by Crippen LogP contribution is -2.28. The highest BCUT2D eigenvalue weighted by Gasteiger charge is 2.33. The zero-order valence-corrected chi connectivity index (χ0v) is 11.0. The van der Waals surface area contributed by atoms with Gasteiger partial charge in [0.25, 0.3) is 5.91 Å². The number of carbonyl (C=O) groups is 2. The van der Waals surface area contributed by atoms with E-state index in [0.29, 0.717) is 5.69 Å². The van der Waals surface area contributed by atoms with Crippen LogP contribution in [-0.4, -0.2) is 24.1 Å². The molecule has 1 heterocycles. The molecule has 0 saturated carbocycles. The van der Waals surface area contributed by atoms with Crippen LogP contribution in [-0.2, 0) is 9.53 Å². The van der Waals surface area contributed by atoms with Crippen molar-refractivity contribution in [2.45, 2.75) is 20.0 Å². The molecular weight excluding hydrogens is 265 g/mol. The minimum atomic E-state index is -0.712. The maximum Gasteiger partial charge on any atom is 0.349 e. The van der Waals surface area contributed by atoms with Crippen molar-refractivity contribution in [2.75, 3.05) is 5.32 Å². The molecule has 0 bridgehead atoms. The van der Waals surface area contributed by atoms with Crippen LogP contribution in [0.3, 0.4) is 0 Å². The molecule has 20 heavy (non-hydrogen) atoms. The number of amidine groups is 1. The van der Waals surface area contributed by atoms with Gasteiger partial charge in [0.1, 0.15) is 5.82 Å². The third-order valence-corrected chi connectivity index (χ3v) is 2.63. The van der Waals surface area contributed by atoms with Crippen LogP contribution < -0.4 is 10.6 Å². The number of amides is 3. The molecule has 2 rings (SSSR count). The molecule has 0 aromatic heterocycles. The molecule has 106 valence electrons. The maximum absolute atomic E-state index is 12.7. The lowest BCUT2D eigenvalue weighted by molar-refractivity contribution is -0.124. The predicted molar refractivity (Wildman–Crippen MR) is 70.7 cm³/mol. The zero-order chi connectivity index (χ0) is 14.7. The third kappa shape index (κ3) is 3.31. The van der Waals surface area contributed by atoms with Crippen LogP contribution in [0.15, 0.2) is 29.3 Å². The number of carbonyl (C=O) groups excluding carboxylic acids is 2. The van der Waals surface area contributed by atoms with Crippen molar-refractivity contribution >= 4 is 23.6 Å². The van der Waals surface area contributed by atoms with Crippen LogP contribution in [0.25, 0.3) is 0 Å². The van der Waals surface area contributed by atoms with Crippen molar-refractivity contribution in [3.63, 3.8) is 0 Å². The number of hydrogen-bond donors (Lipinski definition) is 2. The first kappa shape index (κ1) is 14.0. The maximum atomic E-state index is 12.7. The lowest BCUT2D eigenvalue weighted by Gasteiger charge is -2.09. The number of benzene rings is 1. The van der Waals surface area contributed by atoms with Crippen molar-refractivity contribution in [2.24, 2.45) is 10.9 Å². The minimum Gasteiger partial charge on any atom is -0.451 e. The zero-order valence-electron chi connectivity index (χ0n) is 11.0. The van der Waals surface area contributed by atoms with Gasteiger partial charge < -0.3 is 10.1 Å². The minimum absolute atomic E-state index is 0.0251. The molecule has 1 atom stereocenters. The number of anilines is 1. The van der Waals surface area contributed by atoms with Gasteiger partial charge in [-0.05, 0) is 30.2 Å².